The van der Waals surface area contributed by atoms with Crippen molar-refractivity contribution in [2.75, 3.05) is 23.3 Å². The molecule has 0 unspecified atom stereocenters. The van der Waals surface area contributed by atoms with Crippen LogP contribution in [0, 0.1) is 6.92 Å². The van der Waals surface area contributed by atoms with Gasteiger partial charge >= 0.3 is 0 Å². The van der Waals surface area contributed by atoms with Crippen molar-refractivity contribution in [3.63, 3.8) is 0 Å². The lowest BCUT2D eigenvalue weighted by atomic mass is 10.1. The number of nitrogens with zero attached hydrogens (tertiary/aromatic N) is 1. The first-order chi connectivity index (χ1) is 18.7. The van der Waals surface area contributed by atoms with E-state index in [0.717, 1.165) is 9.87 Å². The zero-order valence-electron chi connectivity index (χ0n) is 21.2. The van der Waals surface area contributed by atoms with Crippen LogP contribution in [0.25, 0.3) is 0 Å². The van der Waals surface area contributed by atoms with E-state index in [2.05, 4.69) is 26.6 Å². The van der Waals surface area contributed by atoms with Gasteiger partial charge in [0, 0.05) is 0 Å². The third-order valence-corrected chi connectivity index (χ3v) is 8.16. The maximum absolute atomic E-state index is 13.7. The Morgan fingerprint density at radius 3 is 2.41 bits per heavy atom. The predicted octanol–water partition coefficient (Wildman–Crippen LogP) is 5.12. The van der Waals surface area contributed by atoms with Gasteiger partial charge < -0.3 is 19.8 Å². The molecule has 0 bridgehead atoms. The Hall–Kier alpha value is -4.09. The van der Waals surface area contributed by atoms with Crippen LogP contribution in [0.5, 0.6) is 5.75 Å². The van der Waals surface area contributed by atoms with Crippen LogP contribution in [0.3, 0.4) is 0 Å². The van der Waals surface area contributed by atoms with E-state index in [4.69, 9.17) is 9.15 Å². The van der Waals surface area contributed by atoms with Gasteiger partial charge in [-0.3, -0.25) is 13.9 Å². The molecule has 3 aromatic carbocycles. The summed E-state index contributed by atoms with van der Waals surface area (Å²) in [5.74, 6) is -0.00380. The molecule has 1 aromatic heterocycles. The van der Waals surface area contributed by atoms with E-state index in [1.54, 1.807) is 60.7 Å². The van der Waals surface area contributed by atoms with Crippen LogP contribution in [0.1, 0.15) is 21.7 Å². The zero-order valence-corrected chi connectivity index (χ0v) is 23.6. The smallest absolute Gasteiger partial charge is 0.264 e. The highest BCUT2D eigenvalue weighted by atomic mass is 79.9. The molecule has 0 saturated carbocycles. The van der Waals surface area contributed by atoms with E-state index in [-0.39, 0.29) is 22.7 Å². The Labute approximate surface area is 235 Å². The second-order valence-corrected chi connectivity index (χ2v) is 11.2. The van der Waals surface area contributed by atoms with Crippen LogP contribution in [0.4, 0.5) is 11.4 Å². The Kier molecular flexibility index (Phi) is 8.72. The number of rotatable bonds is 10. The number of carbonyl (C=O) groups excluding carboxylic acids is 2. The highest BCUT2D eigenvalue weighted by Crippen LogP contribution is 2.31. The van der Waals surface area contributed by atoms with Gasteiger partial charge in [-0.05, 0) is 77.5 Å². The van der Waals surface area contributed by atoms with Crippen LogP contribution < -0.4 is 19.7 Å². The Morgan fingerprint density at radius 2 is 1.74 bits per heavy atom. The molecule has 0 radical (unpaired) electrons. The average Bonchev–Trinajstić information content (AvgIpc) is 3.45. The van der Waals surface area contributed by atoms with Gasteiger partial charge in [-0.15, -0.1) is 0 Å². The molecule has 2 N–H and O–H groups in total. The van der Waals surface area contributed by atoms with Crippen molar-refractivity contribution in [2.45, 2.75) is 18.4 Å². The number of methoxy groups -OCH3 is 1. The quantitative estimate of drug-likeness (QED) is 0.257. The van der Waals surface area contributed by atoms with E-state index in [0.29, 0.717) is 21.7 Å². The molecule has 0 aliphatic carbocycles. The van der Waals surface area contributed by atoms with Crippen molar-refractivity contribution in [1.29, 1.82) is 0 Å². The van der Waals surface area contributed by atoms with Gasteiger partial charge in [-0.1, -0.05) is 29.8 Å². The van der Waals surface area contributed by atoms with E-state index >= 15 is 0 Å². The van der Waals surface area contributed by atoms with Crippen LogP contribution >= 0.6 is 15.9 Å². The number of ether oxygens (including phenoxy) is 1. The van der Waals surface area contributed by atoms with Crippen molar-refractivity contribution in [3.8, 4) is 5.75 Å². The number of sulfonamides is 1. The molecule has 0 saturated heterocycles. The Balaban J connectivity index is 1.59. The molecule has 4 rings (SSSR count). The lowest BCUT2D eigenvalue weighted by molar-refractivity contribution is -0.114. The molecule has 0 aliphatic rings. The van der Waals surface area contributed by atoms with Gasteiger partial charge in [0.2, 0.25) is 5.91 Å². The minimum absolute atomic E-state index is 0.0266. The molecule has 11 heteroatoms. The summed E-state index contributed by atoms with van der Waals surface area (Å²) in [6.45, 7) is 1.52. The third-order valence-electron chi connectivity index (χ3n) is 5.77. The lowest BCUT2D eigenvalue weighted by Crippen LogP contribution is -2.38. The SMILES string of the molecule is COc1ccc(S(=O)(=O)N(CC(=O)Nc2ccccc2C(=O)NCc2ccco2)c2ccc(C)cc2)cc1Br. The summed E-state index contributed by atoms with van der Waals surface area (Å²) < 4.78 is 39.4. The molecule has 4 aromatic rings. The molecule has 0 atom stereocenters. The van der Waals surface area contributed by atoms with Crippen LogP contribution in [0.15, 0.2) is 98.9 Å². The van der Waals surface area contributed by atoms with Crippen molar-refractivity contribution < 1.29 is 27.2 Å². The van der Waals surface area contributed by atoms with Gasteiger partial charge in [0.25, 0.3) is 15.9 Å². The van der Waals surface area contributed by atoms with E-state index < -0.39 is 28.4 Å². The van der Waals surface area contributed by atoms with Crippen LogP contribution in [-0.4, -0.2) is 33.9 Å². The van der Waals surface area contributed by atoms with E-state index in [1.807, 2.05) is 6.92 Å². The molecule has 2 amide bonds. The molecule has 202 valence electrons. The van der Waals surface area contributed by atoms with Crippen LogP contribution in [-0.2, 0) is 21.4 Å². The number of anilines is 2. The maximum Gasteiger partial charge on any atom is 0.264 e. The maximum atomic E-state index is 13.7. The summed E-state index contributed by atoms with van der Waals surface area (Å²) in [5, 5.41) is 5.43. The van der Waals surface area contributed by atoms with Crippen molar-refractivity contribution in [3.05, 3.63) is 106 Å². The molecular formula is C28H26BrN3O6S. The number of hydrogen-bond acceptors (Lipinski definition) is 6. The van der Waals surface area contributed by atoms with Gasteiger partial charge in [-0.2, -0.15) is 0 Å². The van der Waals surface area contributed by atoms with Gasteiger partial charge in [0.15, 0.2) is 0 Å². The fourth-order valence-electron chi connectivity index (χ4n) is 3.75. The molecule has 1 heterocycles. The summed E-state index contributed by atoms with van der Waals surface area (Å²) in [7, 11) is -2.69. The van der Waals surface area contributed by atoms with Gasteiger partial charge in [0.05, 0.1) is 46.2 Å². The first kappa shape index (κ1) is 27.9. The summed E-state index contributed by atoms with van der Waals surface area (Å²) in [6.07, 6.45) is 1.51. The first-order valence-electron chi connectivity index (χ1n) is 11.8. The number of aryl methyl sites for hydroxylation is 1. The average molecular weight is 613 g/mol. The summed E-state index contributed by atoms with van der Waals surface area (Å²) in [5.41, 5.74) is 1.71. The van der Waals surface area contributed by atoms with Gasteiger partial charge in [-0.25, -0.2) is 8.42 Å². The number of amides is 2. The first-order valence-corrected chi connectivity index (χ1v) is 14.0. The lowest BCUT2D eigenvalue weighted by Gasteiger charge is -2.25. The number of nitrogens with one attached hydrogen (secondary N) is 2. The predicted molar refractivity (Wildman–Crippen MR) is 151 cm³/mol. The molecule has 39 heavy (non-hydrogen) atoms. The summed E-state index contributed by atoms with van der Waals surface area (Å²) in [6, 6.07) is 21.1. The normalized spacial score (nSPS) is 11.1. The Bertz CT molecular complexity index is 1570. The largest absolute Gasteiger partial charge is 0.496 e. The Morgan fingerprint density at radius 1 is 1.00 bits per heavy atom. The molecule has 9 nitrogen and oxygen atoms in total. The number of carbonyl (C=O) groups is 2. The highest BCUT2D eigenvalue weighted by Gasteiger charge is 2.28. The van der Waals surface area contributed by atoms with E-state index in [9.17, 15) is 18.0 Å². The van der Waals surface area contributed by atoms with Crippen LogP contribution in [0.2, 0.25) is 0 Å². The molecular weight excluding hydrogens is 586 g/mol. The van der Waals surface area contributed by atoms with Crippen molar-refractivity contribution >= 4 is 49.1 Å². The topological polar surface area (TPSA) is 118 Å². The minimum atomic E-state index is -4.16. The number of benzene rings is 3. The molecule has 0 fully saturated rings. The highest BCUT2D eigenvalue weighted by molar-refractivity contribution is 9.10. The monoisotopic (exact) mass is 611 g/mol. The van der Waals surface area contributed by atoms with Gasteiger partial charge in [0.1, 0.15) is 18.1 Å². The summed E-state index contributed by atoms with van der Waals surface area (Å²) in [4.78, 5) is 26.0. The second kappa shape index (κ2) is 12.2. The van der Waals surface area contributed by atoms with Crippen molar-refractivity contribution in [1.82, 2.24) is 5.32 Å². The van der Waals surface area contributed by atoms with E-state index in [1.165, 1.54) is 31.6 Å². The fraction of sp³-hybridized carbons (Fsp3) is 0.143. The molecule has 0 aliphatic heterocycles. The number of furan rings is 1. The van der Waals surface area contributed by atoms with Crippen molar-refractivity contribution in [2.24, 2.45) is 0 Å². The second-order valence-electron chi connectivity index (χ2n) is 8.50. The number of para-hydroxylation sites is 1. The minimum Gasteiger partial charge on any atom is -0.496 e. The summed E-state index contributed by atoms with van der Waals surface area (Å²) >= 11 is 3.33. The zero-order chi connectivity index (χ0) is 28.0. The molecule has 0 spiro atoms. The number of hydrogen-bond donors (Lipinski definition) is 2. The third kappa shape index (κ3) is 6.68. The fourth-order valence-corrected chi connectivity index (χ4v) is 5.89. The standard InChI is InChI=1S/C28H26BrN3O6S/c1-19-9-11-20(12-10-19)32(39(35,36)22-13-14-26(37-2)24(29)16-22)18-27(33)31-25-8-4-3-7-23(25)28(34)30-17-21-6-5-15-38-21/h3-16H,17-18H2,1-2H3,(H,30,34)(H,31,33). The number of halogens is 1.